The number of rotatable bonds is 5. The second kappa shape index (κ2) is 7.39. The number of ether oxygens (including phenoxy) is 2. The lowest BCUT2D eigenvalue weighted by atomic mass is 10.2. The Morgan fingerprint density at radius 1 is 1.33 bits per heavy atom. The molecule has 0 aliphatic heterocycles. The minimum absolute atomic E-state index is 0.150. The summed E-state index contributed by atoms with van der Waals surface area (Å²) < 4.78 is 10.2. The van der Waals surface area contributed by atoms with Gasteiger partial charge in [0, 0.05) is 5.69 Å². The van der Waals surface area contributed by atoms with Crippen LogP contribution in [-0.2, 0) is 4.74 Å². The summed E-state index contributed by atoms with van der Waals surface area (Å²) in [6, 6.07) is 8.72. The summed E-state index contributed by atoms with van der Waals surface area (Å²) in [7, 11) is 1.59. The molecule has 1 amide bonds. The van der Waals surface area contributed by atoms with Crippen LogP contribution >= 0.6 is 0 Å². The molecule has 1 aromatic carbocycles. The normalized spacial score (nSPS) is 12.0. The summed E-state index contributed by atoms with van der Waals surface area (Å²) in [4.78, 5) is 11.5. The first kappa shape index (κ1) is 16.6. The van der Waals surface area contributed by atoms with E-state index in [1.54, 1.807) is 52.1 Å². The van der Waals surface area contributed by atoms with Crippen molar-refractivity contribution in [2.45, 2.75) is 32.4 Å². The number of nitrogens with zero attached hydrogens (tertiary/aromatic N) is 1. The van der Waals surface area contributed by atoms with Gasteiger partial charge in [-0.25, -0.2) is 4.79 Å². The molecule has 0 fully saturated rings. The smallest absolute Gasteiger partial charge is 0.407 e. The van der Waals surface area contributed by atoms with Gasteiger partial charge < -0.3 is 20.1 Å². The van der Waals surface area contributed by atoms with E-state index < -0.39 is 17.7 Å². The molecule has 0 radical (unpaired) electrons. The van der Waals surface area contributed by atoms with Gasteiger partial charge in [-0.05, 0) is 45.0 Å². The van der Waals surface area contributed by atoms with Gasteiger partial charge in [0.25, 0.3) is 0 Å². The van der Waals surface area contributed by atoms with Crippen molar-refractivity contribution in [2.24, 2.45) is 0 Å². The van der Waals surface area contributed by atoms with Crippen LogP contribution in [0.5, 0.6) is 5.75 Å². The average Bonchev–Trinajstić information content (AvgIpc) is 2.42. The third-order valence-corrected chi connectivity index (χ3v) is 2.44. The van der Waals surface area contributed by atoms with E-state index >= 15 is 0 Å². The Morgan fingerprint density at radius 2 is 1.95 bits per heavy atom. The molecule has 0 saturated carbocycles. The molecule has 0 bridgehead atoms. The Hall–Kier alpha value is -2.42. The molecule has 6 heteroatoms. The zero-order valence-corrected chi connectivity index (χ0v) is 12.8. The highest BCUT2D eigenvalue weighted by molar-refractivity contribution is 5.67. The molecule has 0 saturated heterocycles. The molecule has 0 aromatic heterocycles. The summed E-state index contributed by atoms with van der Waals surface area (Å²) >= 11 is 0. The largest absolute Gasteiger partial charge is 0.497 e. The fourth-order valence-electron chi connectivity index (χ4n) is 1.52. The van der Waals surface area contributed by atoms with Crippen LogP contribution in [0.4, 0.5) is 10.5 Å². The number of alkyl carbamates (subject to hydrolysis) is 1. The minimum atomic E-state index is -0.560. The summed E-state index contributed by atoms with van der Waals surface area (Å²) in [6.45, 7) is 5.50. The molecule has 1 unspecified atom stereocenters. The van der Waals surface area contributed by atoms with E-state index in [0.717, 1.165) is 11.4 Å². The van der Waals surface area contributed by atoms with E-state index in [1.165, 1.54) is 0 Å². The lowest BCUT2D eigenvalue weighted by Crippen LogP contribution is -2.38. The van der Waals surface area contributed by atoms with Crippen molar-refractivity contribution in [3.63, 3.8) is 0 Å². The number of anilines is 1. The van der Waals surface area contributed by atoms with Gasteiger partial charge in [-0.3, -0.25) is 0 Å². The fourth-order valence-corrected chi connectivity index (χ4v) is 1.52. The summed E-state index contributed by atoms with van der Waals surface area (Å²) in [5.41, 5.74) is 0.212. The maximum absolute atomic E-state index is 11.5. The van der Waals surface area contributed by atoms with Gasteiger partial charge in [0.1, 0.15) is 17.4 Å². The van der Waals surface area contributed by atoms with Crippen LogP contribution in [-0.4, -0.2) is 31.4 Å². The number of nitriles is 1. The predicted octanol–water partition coefficient (Wildman–Crippen LogP) is 2.52. The Kier molecular flexibility index (Phi) is 5.85. The molecule has 1 atom stereocenters. The van der Waals surface area contributed by atoms with Gasteiger partial charge >= 0.3 is 6.09 Å². The third kappa shape index (κ3) is 6.52. The Morgan fingerprint density at radius 3 is 2.43 bits per heavy atom. The van der Waals surface area contributed by atoms with Crippen molar-refractivity contribution in [3.05, 3.63) is 24.3 Å². The highest BCUT2D eigenvalue weighted by Gasteiger charge is 2.17. The first-order chi connectivity index (χ1) is 9.84. The van der Waals surface area contributed by atoms with Crippen LogP contribution < -0.4 is 15.4 Å². The molecule has 2 N–H and O–H groups in total. The molecular formula is C15H21N3O3. The zero-order chi connectivity index (χ0) is 15.9. The number of carbonyl (C=O) groups is 1. The maximum Gasteiger partial charge on any atom is 0.407 e. The number of nitrogens with one attached hydrogen (secondary N) is 2. The van der Waals surface area contributed by atoms with E-state index in [1.807, 2.05) is 0 Å². The van der Waals surface area contributed by atoms with Crippen LogP contribution in [0, 0.1) is 11.3 Å². The lowest BCUT2D eigenvalue weighted by molar-refractivity contribution is 0.0527. The van der Waals surface area contributed by atoms with E-state index in [0.29, 0.717) is 0 Å². The Balaban J connectivity index is 2.48. The number of benzene rings is 1. The average molecular weight is 291 g/mol. The molecule has 1 aromatic rings. The van der Waals surface area contributed by atoms with Crippen molar-refractivity contribution in [1.29, 1.82) is 5.26 Å². The predicted molar refractivity (Wildman–Crippen MR) is 80.3 cm³/mol. The SMILES string of the molecule is COc1ccc(NC(C#N)CNC(=O)OC(C)(C)C)cc1. The van der Waals surface area contributed by atoms with Gasteiger partial charge in [0.2, 0.25) is 0 Å². The van der Waals surface area contributed by atoms with Crippen molar-refractivity contribution < 1.29 is 14.3 Å². The summed E-state index contributed by atoms with van der Waals surface area (Å²) in [5.74, 6) is 0.737. The summed E-state index contributed by atoms with van der Waals surface area (Å²) in [6.07, 6.45) is -0.542. The number of amides is 1. The molecule has 0 aliphatic carbocycles. The van der Waals surface area contributed by atoms with E-state index in [-0.39, 0.29) is 6.54 Å². The highest BCUT2D eigenvalue weighted by atomic mass is 16.6. The monoisotopic (exact) mass is 291 g/mol. The molecule has 114 valence electrons. The van der Waals surface area contributed by atoms with Crippen LogP contribution in [0.3, 0.4) is 0 Å². The first-order valence-electron chi connectivity index (χ1n) is 6.61. The van der Waals surface area contributed by atoms with Gasteiger partial charge in [-0.2, -0.15) is 5.26 Å². The van der Waals surface area contributed by atoms with Crippen molar-refractivity contribution in [3.8, 4) is 11.8 Å². The van der Waals surface area contributed by atoms with E-state index in [2.05, 4.69) is 16.7 Å². The van der Waals surface area contributed by atoms with Crippen molar-refractivity contribution in [1.82, 2.24) is 5.32 Å². The highest BCUT2D eigenvalue weighted by Crippen LogP contribution is 2.15. The molecule has 0 spiro atoms. The molecule has 6 nitrogen and oxygen atoms in total. The Bertz CT molecular complexity index is 500. The van der Waals surface area contributed by atoms with Gasteiger partial charge in [0.05, 0.1) is 19.7 Å². The molecule has 21 heavy (non-hydrogen) atoms. The van der Waals surface area contributed by atoms with E-state index in [9.17, 15) is 4.79 Å². The van der Waals surface area contributed by atoms with Crippen LogP contribution in [0.1, 0.15) is 20.8 Å². The number of hydrogen-bond donors (Lipinski definition) is 2. The van der Waals surface area contributed by atoms with Gasteiger partial charge in [0.15, 0.2) is 0 Å². The minimum Gasteiger partial charge on any atom is -0.497 e. The zero-order valence-electron chi connectivity index (χ0n) is 12.8. The van der Waals surface area contributed by atoms with Crippen LogP contribution in [0.15, 0.2) is 24.3 Å². The number of carbonyl (C=O) groups excluding carboxylic acids is 1. The lowest BCUT2D eigenvalue weighted by Gasteiger charge is -2.20. The Labute approximate surface area is 125 Å². The fraction of sp³-hybridized carbons (Fsp3) is 0.467. The maximum atomic E-state index is 11.5. The van der Waals surface area contributed by atoms with Crippen LogP contribution in [0.2, 0.25) is 0 Å². The topological polar surface area (TPSA) is 83.4 Å². The third-order valence-electron chi connectivity index (χ3n) is 2.44. The second-order valence-corrected chi connectivity index (χ2v) is 5.44. The standard InChI is InChI=1S/C15H21N3O3/c1-15(2,3)21-14(19)17-10-12(9-16)18-11-5-7-13(20-4)8-6-11/h5-8,12,18H,10H2,1-4H3,(H,17,19). The molecule has 0 heterocycles. The van der Waals surface area contributed by atoms with Gasteiger partial charge in [-0.1, -0.05) is 0 Å². The van der Waals surface area contributed by atoms with Crippen LogP contribution in [0.25, 0.3) is 0 Å². The summed E-state index contributed by atoms with van der Waals surface area (Å²) in [5, 5.41) is 14.7. The molecule has 0 aliphatic rings. The number of methoxy groups -OCH3 is 1. The quantitative estimate of drug-likeness (QED) is 0.871. The second-order valence-electron chi connectivity index (χ2n) is 5.44. The van der Waals surface area contributed by atoms with Gasteiger partial charge in [-0.15, -0.1) is 0 Å². The molecule has 1 rings (SSSR count). The number of hydrogen-bond acceptors (Lipinski definition) is 5. The molecular weight excluding hydrogens is 270 g/mol. The van der Waals surface area contributed by atoms with E-state index in [4.69, 9.17) is 14.7 Å². The first-order valence-corrected chi connectivity index (χ1v) is 6.61. The van der Waals surface area contributed by atoms with Crippen molar-refractivity contribution >= 4 is 11.8 Å². The van der Waals surface area contributed by atoms with Crippen molar-refractivity contribution in [2.75, 3.05) is 19.0 Å².